The molecule has 0 aromatic carbocycles. The van der Waals surface area contributed by atoms with Crippen LogP contribution in [0, 0.1) is 0 Å². The zero-order valence-corrected chi connectivity index (χ0v) is 15.9. The number of carbonyl (C=O) groups excluding carboxylic acids is 1. The van der Waals surface area contributed by atoms with Gasteiger partial charge in [0.15, 0.2) is 5.78 Å². The Morgan fingerprint density at radius 3 is 2.08 bits per heavy atom. The summed E-state index contributed by atoms with van der Waals surface area (Å²) in [5.41, 5.74) is -0.701. The average molecular weight is 366 g/mol. The first-order valence-electron chi connectivity index (χ1n) is 8.40. The van der Waals surface area contributed by atoms with Crippen molar-refractivity contribution < 1.29 is 39.4 Å². The van der Waals surface area contributed by atoms with Gasteiger partial charge in [0.2, 0.25) is 0 Å². The number of ketones is 1. The maximum atomic E-state index is 11.7. The lowest BCUT2D eigenvalue weighted by molar-refractivity contribution is -0.145. The molecule has 0 bridgehead atoms. The summed E-state index contributed by atoms with van der Waals surface area (Å²) < 4.78 is 16.3. The highest BCUT2D eigenvalue weighted by Crippen LogP contribution is 2.19. The van der Waals surface area contributed by atoms with Gasteiger partial charge in [0.25, 0.3) is 0 Å². The van der Waals surface area contributed by atoms with Crippen LogP contribution in [0.2, 0.25) is 0 Å². The van der Waals surface area contributed by atoms with E-state index in [0.717, 1.165) is 6.42 Å². The van der Waals surface area contributed by atoms with E-state index in [4.69, 9.17) is 19.3 Å². The Morgan fingerprint density at radius 1 is 1.00 bits per heavy atom. The monoisotopic (exact) mass is 366 g/mol. The van der Waals surface area contributed by atoms with Crippen molar-refractivity contribution in [3.63, 3.8) is 0 Å². The molecule has 0 spiro atoms. The van der Waals surface area contributed by atoms with Crippen LogP contribution in [-0.4, -0.2) is 89.3 Å². The van der Waals surface area contributed by atoms with Crippen molar-refractivity contribution in [2.75, 3.05) is 33.5 Å². The number of rotatable bonds is 14. The van der Waals surface area contributed by atoms with Crippen LogP contribution >= 0.6 is 0 Å². The molecule has 0 aliphatic rings. The minimum atomic E-state index is -1.80. The van der Waals surface area contributed by atoms with Gasteiger partial charge in [-0.3, -0.25) is 4.79 Å². The highest BCUT2D eigenvalue weighted by Gasteiger charge is 2.30. The van der Waals surface area contributed by atoms with E-state index in [0.29, 0.717) is 13.0 Å². The van der Waals surface area contributed by atoms with Crippen molar-refractivity contribution in [1.82, 2.24) is 0 Å². The van der Waals surface area contributed by atoms with E-state index in [9.17, 15) is 20.1 Å². The van der Waals surface area contributed by atoms with Crippen LogP contribution in [-0.2, 0) is 19.0 Å². The lowest BCUT2D eigenvalue weighted by atomic mass is 10.0. The Morgan fingerprint density at radius 2 is 1.56 bits per heavy atom. The SMILES string of the molecule is COC(C)(C)CCOC(C)(C)CCOCC(=O)C(O)C(O)C(O)CO. The lowest BCUT2D eigenvalue weighted by Gasteiger charge is -2.29. The molecule has 0 aliphatic heterocycles. The summed E-state index contributed by atoms with van der Waals surface area (Å²) in [5.74, 6) is -0.763. The molecule has 8 nitrogen and oxygen atoms in total. The number of methoxy groups -OCH3 is 1. The molecule has 0 amide bonds. The quantitative estimate of drug-likeness (QED) is 0.307. The van der Waals surface area contributed by atoms with E-state index in [1.807, 2.05) is 27.7 Å². The second-order valence-electron chi connectivity index (χ2n) is 7.28. The lowest BCUT2D eigenvalue weighted by Crippen LogP contribution is -2.45. The highest BCUT2D eigenvalue weighted by molar-refractivity contribution is 5.84. The first-order valence-corrected chi connectivity index (χ1v) is 8.40. The summed E-state index contributed by atoms with van der Waals surface area (Å²) in [5, 5.41) is 36.9. The van der Waals surface area contributed by atoms with Gasteiger partial charge in [-0.1, -0.05) is 0 Å². The zero-order chi connectivity index (χ0) is 19.7. The van der Waals surface area contributed by atoms with Crippen molar-refractivity contribution in [2.24, 2.45) is 0 Å². The number of aliphatic hydroxyl groups is 4. The Bertz CT molecular complexity index is 383. The van der Waals surface area contributed by atoms with E-state index in [1.54, 1.807) is 7.11 Å². The molecule has 3 atom stereocenters. The summed E-state index contributed by atoms with van der Waals surface area (Å²) >= 11 is 0. The second-order valence-corrected chi connectivity index (χ2v) is 7.28. The largest absolute Gasteiger partial charge is 0.394 e. The van der Waals surface area contributed by atoms with Gasteiger partial charge in [0.05, 0.1) is 24.4 Å². The van der Waals surface area contributed by atoms with Crippen molar-refractivity contribution in [1.29, 1.82) is 0 Å². The number of carbonyl (C=O) groups is 1. The smallest absolute Gasteiger partial charge is 0.189 e. The van der Waals surface area contributed by atoms with Crippen LogP contribution < -0.4 is 0 Å². The molecule has 4 N–H and O–H groups in total. The van der Waals surface area contributed by atoms with E-state index in [2.05, 4.69) is 0 Å². The summed E-state index contributed by atoms with van der Waals surface area (Å²) in [7, 11) is 1.65. The number of aliphatic hydroxyl groups excluding tert-OH is 4. The van der Waals surface area contributed by atoms with Crippen LogP contribution in [0.4, 0.5) is 0 Å². The molecule has 0 fully saturated rings. The Balaban J connectivity index is 4.07. The van der Waals surface area contributed by atoms with Gasteiger partial charge in [-0.15, -0.1) is 0 Å². The van der Waals surface area contributed by atoms with Gasteiger partial charge in [0.1, 0.15) is 24.9 Å². The number of Topliss-reactive ketones (excluding diaryl/α,β-unsaturated/α-hetero) is 1. The summed E-state index contributed by atoms with van der Waals surface area (Å²) in [4.78, 5) is 11.7. The molecule has 0 saturated carbocycles. The molecule has 3 unspecified atom stereocenters. The van der Waals surface area contributed by atoms with Crippen molar-refractivity contribution in [3.05, 3.63) is 0 Å². The van der Waals surface area contributed by atoms with E-state index in [-0.39, 0.29) is 12.2 Å². The van der Waals surface area contributed by atoms with E-state index >= 15 is 0 Å². The predicted molar refractivity (Wildman–Crippen MR) is 91.3 cm³/mol. The first-order chi connectivity index (χ1) is 11.5. The van der Waals surface area contributed by atoms with Crippen molar-refractivity contribution in [3.8, 4) is 0 Å². The summed E-state index contributed by atoms with van der Waals surface area (Å²) in [6, 6.07) is 0. The van der Waals surface area contributed by atoms with Crippen molar-refractivity contribution in [2.45, 2.75) is 70.1 Å². The van der Waals surface area contributed by atoms with E-state index < -0.39 is 42.9 Å². The molecule has 0 aromatic rings. The van der Waals surface area contributed by atoms with Crippen LogP contribution in [0.5, 0.6) is 0 Å². The average Bonchev–Trinajstić information content (AvgIpc) is 2.55. The molecule has 0 rings (SSSR count). The summed E-state index contributed by atoms with van der Waals surface area (Å²) in [6.07, 6.45) is -3.86. The molecule has 8 heteroatoms. The minimum Gasteiger partial charge on any atom is -0.394 e. The third-order valence-corrected chi connectivity index (χ3v) is 4.08. The molecule has 150 valence electrons. The summed E-state index contributed by atoms with van der Waals surface area (Å²) in [6.45, 7) is 7.38. The minimum absolute atomic E-state index is 0.234. The second kappa shape index (κ2) is 11.2. The molecule has 0 heterocycles. The predicted octanol–water partition coefficient (Wildman–Crippen LogP) is -0.352. The fourth-order valence-corrected chi connectivity index (χ4v) is 1.83. The van der Waals surface area contributed by atoms with Crippen LogP contribution in [0.25, 0.3) is 0 Å². The zero-order valence-electron chi connectivity index (χ0n) is 15.9. The van der Waals surface area contributed by atoms with Gasteiger partial charge in [-0.2, -0.15) is 0 Å². The van der Waals surface area contributed by atoms with Gasteiger partial charge in [-0.25, -0.2) is 0 Å². The third kappa shape index (κ3) is 10.2. The highest BCUT2D eigenvalue weighted by atomic mass is 16.5. The topological polar surface area (TPSA) is 126 Å². The van der Waals surface area contributed by atoms with Crippen LogP contribution in [0.3, 0.4) is 0 Å². The Hall–Kier alpha value is -0.610. The fourth-order valence-electron chi connectivity index (χ4n) is 1.83. The molecule has 0 aliphatic carbocycles. The molecule has 0 saturated heterocycles. The molecular formula is C17H34O8. The number of ether oxygens (including phenoxy) is 3. The third-order valence-electron chi connectivity index (χ3n) is 4.08. The molecular weight excluding hydrogens is 332 g/mol. The van der Waals surface area contributed by atoms with Crippen LogP contribution in [0.1, 0.15) is 40.5 Å². The number of hydrogen-bond donors (Lipinski definition) is 4. The van der Waals surface area contributed by atoms with Gasteiger partial charge in [-0.05, 0) is 40.5 Å². The van der Waals surface area contributed by atoms with Gasteiger partial charge >= 0.3 is 0 Å². The van der Waals surface area contributed by atoms with Crippen LogP contribution in [0.15, 0.2) is 0 Å². The van der Waals surface area contributed by atoms with Gasteiger partial charge < -0.3 is 34.6 Å². The Labute approximate surface area is 149 Å². The normalized spacial score (nSPS) is 16.5. The standard InChI is InChI=1S/C17H34O8/c1-16(2,23-5)7-9-25-17(3,4)6-8-24-11-13(20)15(22)14(21)12(19)10-18/h12,14-15,18-19,21-22H,6-11H2,1-5H3. The van der Waals surface area contributed by atoms with Gasteiger partial charge in [0, 0.05) is 13.7 Å². The molecule has 0 radical (unpaired) electrons. The Kier molecular flexibility index (Phi) is 10.9. The van der Waals surface area contributed by atoms with Crippen molar-refractivity contribution >= 4 is 5.78 Å². The fraction of sp³-hybridized carbons (Fsp3) is 0.941. The first kappa shape index (κ1) is 24.4. The maximum Gasteiger partial charge on any atom is 0.189 e. The van der Waals surface area contributed by atoms with E-state index in [1.165, 1.54) is 0 Å². The molecule has 25 heavy (non-hydrogen) atoms. The number of hydrogen-bond acceptors (Lipinski definition) is 8. The molecule has 0 aromatic heterocycles. The maximum absolute atomic E-state index is 11.7.